The number of amides is 2. The van der Waals surface area contributed by atoms with E-state index < -0.39 is 0 Å². The molecule has 3 N–H and O–H groups in total. The van der Waals surface area contributed by atoms with Gasteiger partial charge in [0.15, 0.2) is 0 Å². The van der Waals surface area contributed by atoms with Crippen LogP contribution in [0, 0.1) is 6.92 Å². The van der Waals surface area contributed by atoms with Crippen molar-refractivity contribution in [3.8, 4) is 0 Å². The Balaban J connectivity index is 1.74. The summed E-state index contributed by atoms with van der Waals surface area (Å²) in [7, 11) is 0. The lowest BCUT2D eigenvalue weighted by atomic mass is 9.91. The van der Waals surface area contributed by atoms with Gasteiger partial charge < -0.3 is 15.6 Å². The number of rotatable bonds is 3. The molecule has 5 heteroatoms. The number of aromatic amines is 1. The van der Waals surface area contributed by atoms with Crippen molar-refractivity contribution in [2.24, 2.45) is 0 Å². The van der Waals surface area contributed by atoms with Crippen molar-refractivity contribution in [1.29, 1.82) is 0 Å². The van der Waals surface area contributed by atoms with Crippen LogP contribution in [0.5, 0.6) is 0 Å². The number of carbonyl (C=O) groups is 1. The zero-order chi connectivity index (χ0) is 14.8. The van der Waals surface area contributed by atoms with Gasteiger partial charge >= 0.3 is 6.03 Å². The Labute approximate surface area is 129 Å². The maximum atomic E-state index is 11.7. The summed E-state index contributed by atoms with van der Waals surface area (Å²) in [6.45, 7) is 2.62. The predicted molar refractivity (Wildman–Crippen MR) is 86.1 cm³/mol. The Morgan fingerprint density at radius 1 is 1.48 bits per heavy atom. The Kier molecular flexibility index (Phi) is 4.06. The first-order chi connectivity index (χ1) is 10.2. The third kappa shape index (κ3) is 3.00. The van der Waals surface area contributed by atoms with Crippen LogP contribution in [-0.4, -0.2) is 29.5 Å². The van der Waals surface area contributed by atoms with Crippen LogP contribution in [-0.2, 0) is 12.8 Å². The first-order valence-corrected chi connectivity index (χ1v) is 7.91. The molecule has 112 valence electrons. The molecule has 1 aromatic carbocycles. The lowest BCUT2D eigenvalue weighted by Gasteiger charge is -2.23. The molecule has 1 aromatic heterocycles. The molecule has 0 fully saturated rings. The van der Waals surface area contributed by atoms with E-state index in [0.29, 0.717) is 12.4 Å². The van der Waals surface area contributed by atoms with Crippen LogP contribution in [0.2, 0.25) is 0 Å². The Morgan fingerprint density at radius 2 is 2.33 bits per heavy atom. The smallest absolute Gasteiger partial charge is 0.315 e. The molecule has 1 heterocycles. The molecule has 0 radical (unpaired) electrons. The van der Waals surface area contributed by atoms with Crippen LogP contribution in [0.4, 0.5) is 4.79 Å². The number of carbonyl (C=O) groups excluding carboxylic acids is 1. The molecule has 0 aliphatic heterocycles. The van der Waals surface area contributed by atoms with Crippen LogP contribution >= 0.6 is 11.6 Å². The molecule has 1 atom stereocenters. The highest BCUT2D eigenvalue weighted by Crippen LogP contribution is 2.29. The van der Waals surface area contributed by atoms with Crippen LogP contribution in [0.15, 0.2) is 18.2 Å². The van der Waals surface area contributed by atoms with Crippen molar-refractivity contribution >= 4 is 28.5 Å². The van der Waals surface area contributed by atoms with Crippen molar-refractivity contribution in [3.05, 3.63) is 35.0 Å². The van der Waals surface area contributed by atoms with Crippen LogP contribution < -0.4 is 10.6 Å². The van der Waals surface area contributed by atoms with Gasteiger partial charge in [-0.2, -0.15) is 0 Å². The molecular formula is C16H20ClN3O. The van der Waals surface area contributed by atoms with Gasteiger partial charge in [0.1, 0.15) is 0 Å². The zero-order valence-corrected chi connectivity index (χ0v) is 12.9. The van der Waals surface area contributed by atoms with E-state index in [1.165, 1.54) is 27.7 Å². The van der Waals surface area contributed by atoms with Gasteiger partial charge in [-0.15, -0.1) is 11.6 Å². The number of nitrogens with one attached hydrogen (secondary N) is 3. The maximum Gasteiger partial charge on any atom is 0.315 e. The van der Waals surface area contributed by atoms with Gasteiger partial charge in [-0.05, 0) is 37.5 Å². The van der Waals surface area contributed by atoms with E-state index in [1.54, 1.807) is 0 Å². The highest BCUT2D eigenvalue weighted by molar-refractivity contribution is 6.18. The van der Waals surface area contributed by atoms with Gasteiger partial charge in [-0.25, -0.2) is 4.79 Å². The van der Waals surface area contributed by atoms with E-state index in [9.17, 15) is 4.79 Å². The van der Waals surface area contributed by atoms with Gasteiger partial charge in [0.25, 0.3) is 0 Å². The molecule has 0 bridgehead atoms. The fourth-order valence-corrected chi connectivity index (χ4v) is 3.16. The Hall–Kier alpha value is -1.68. The number of urea groups is 1. The van der Waals surface area contributed by atoms with Crippen LogP contribution in [0.1, 0.15) is 23.2 Å². The number of H-pyrrole nitrogens is 1. The summed E-state index contributed by atoms with van der Waals surface area (Å²) in [6.07, 6.45) is 2.83. The third-order valence-corrected chi connectivity index (χ3v) is 4.25. The van der Waals surface area contributed by atoms with Gasteiger partial charge in [-0.3, -0.25) is 0 Å². The minimum Gasteiger partial charge on any atom is -0.358 e. The predicted octanol–water partition coefficient (Wildman–Crippen LogP) is 2.87. The number of alkyl halides is 1. The Morgan fingerprint density at radius 3 is 3.14 bits per heavy atom. The second-order valence-corrected chi connectivity index (χ2v) is 6.04. The Bertz CT molecular complexity index is 665. The highest BCUT2D eigenvalue weighted by Gasteiger charge is 2.23. The first kappa shape index (κ1) is 14.3. The molecule has 2 amide bonds. The quantitative estimate of drug-likeness (QED) is 0.750. The zero-order valence-electron chi connectivity index (χ0n) is 12.1. The van der Waals surface area contributed by atoms with E-state index in [0.717, 1.165) is 19.3 Å². The molecule has 0 spiro atoms. The van der Waals surface area contributed by atoms with Crippen molar-refractivity contribution in [2.45, 2.75) is 32.2 Å². The van der Waals surface area contributed by atoms with Crippen molar-refractivity contribution in [2.75, 3.05) is 12.4 Å². The largest absolute Gasteiger partial charge is 0.358 e. The summed E-state index contributed by atoms with van der Waals surface area (Å²) in [5.74, 6) is 0.434. The first-order valence-electron chi connectivity index (χ1n) is 7.38. The topological polar surface area (TPSA) is 56.9 Å². The minimum atomic E-state index is -0.129. The van der Waals surface area contributed by atoms with Crippen molar-refractivity contribution < 1.29 is 4.79 Å². The number of hydrogen-bond acceptors (Lipinski definition) is 1. The molecule has 0 saturated carbocycles. The summed E-state index contributed by atoms with van der Waals surface area (Å²) in [5.41, 5.74) is 5.14. The van der Waals surface area contributed by atoms with Gasteiger partial charge in [0.2, 0.25) is 0 Å². The summed E-state index contributed by atoms with van der Waals surface area (Å²) < 4.78 is 0. The van der Waals surface area contributed by atoms with E-state index in [2.05, 4.69) is 40.7 Å². The molecule has 2 aromatic rings. The van der Waals surface area contributed by atoms with Crippen LogP contribution in [0.25, 0.3) is 10.9 Å². The summed E-state index contributed by atoms with van der Waals surface area (Å²) >= 11 is 5.57. The van der Waals surface area contributed by atoms with Crippen molar-refractivity contribution in [3.63, 3.8) is 0 Å². The lowest BCUT2D eigenvalue weighted by Crippen LogP contribution is -2.45. The summed E-state index contributed by atoms with van der Waals surface area (Å²) in [5, 5.41) is 7.10. The highest BCUT2D eigenvalue weighted by atomic mass is 35.5. The summed E-state index contributed by atoms with van der Waals surface area (Å²) in [6, 6.07) is 6.56. The van der Waals surface area contributed by atoms with E-state index in [-0.39, 0.29) is 12.1 Å². The molecule has 1 unspecified atom stereocenters. The average molecular weight is 306 g/mol. The maximum absolute atomic E-state index is 11.7. The molecule has 3 rings (SSSR count). The number of benzene rings is 1. The fourth-order valence-electron chi connectivity index (χ4n) is 3.06. The molecule has 4 nitrogen and oxygen atoms in total. The number of aromatic nitrogens is 1. The molecule has 1 aliphatic carbocycles. The van der Waals surface area contributed by atoms with Gasteiger partial charge in [0.05, 0.1) is 0 Å². The number of halogens is 1. The second-order valence-electron chi connectivity index (χ2n) is 5.66. The molecular weight excluding hydrogens is 286 g/mol. The molecule has 0 saturated heterocycles. The minimum absolute atomic E-state index is 0.129. The van der Waals surface area contributed by atoms with Gasteiger partial charge in [-0.1, -0.05) is 11.6 Å². The van der Waals surface area contributed by atoms with Crippen LogP contribution in [0.3, 0.4) is 0 Å². The average Bonchev–Trinajstić information content (AvgIpc) is 2.82. The normalized spacial score (nSPS) is 17.5. The van der Waals surface area contributed by atoms with E-state index >= 15 is 0 Å². The SMILES string of the molecule is Cc1ccc2[nH]c3c(c2c1)CCC(NC(=O)NCCCl)C3. The van der Waals surface area contributed by atoms with Gasteiger partial charge in [0, 0.05) is 41.5 Å². The monoisotopic (exact) mass is 305 g/mol. The molecule has 21 heavy (non-hydrogen) atoms. The van der Waals surface area contributed by atoms with E-state index in [4.69, 9.17) is 11.6 Å². The number of hydrogen-bond donors (Lipinski definition) is 3. The molecule has 1 aliphatic rings. The lowest BCUT2D eigenvalue weighted by molar-refractivity contribution is 0.236. The number of fused-ring (bicyclic) bond motifs is 3. The van der Waals surface area contributed by atoms with Crippen molar-refractivity contribution in [1.82, 2.24) is 15.6 Å². The van der Waals surface area contributed by atoms with E-state index in [1.807, 2.05) is 0 Å². The standard InChI is InChI=1S/C16H20ClN3O/c1-10-2-5-14-13(8-10)12-4-3-11(9-15(12)20-14)19-16(21)18-7-6-17/h2,5,8,11,20H,3-4,6-7,9H2,1H3,(H2,18,19,21). The number of aryl methyl sites for hydroxylation is 2. The fraction of sp³-hybridized carbons (Fsp3) is 0.438. The third-order valence-electron chi connectivity index (χ3n) is 4.06. The summed E-state index contributed by atoms with van der Waals surface area (Å²) in [4.78, 5) is 15.2. The second kappa shape index (κ2) is 5.98.